The number of nitrogen functional groups attached to an aromatic ring is 1. The summed E-state index contributed by atoms with van der Waals surface area (Å²) < 4.78 is 31.0. The topological polar surface area (TPSA) is 63.2 Å². The Hall–Kier alpha value is -1.80. The third-order valence-electron chi connectivity index (χ3n) is 7.52. The Balaban J connectivity index is 1.31. The van der Waals surface area contributed by atoms with Crippen molar-refractivity contribution >= 4 is 16.9 Å². The smallest absolute Gasteiger partial charge is 0.262 e. The lowest BCUT2D eigenvalue weighted by Gasteiger charge is -2.44. The number of anilines is 1. The molecule has 3 aliphatic rings. The minimum atomic E-state index is -2.56. The molecule has 2 aromatic rings. The van der Waals surface area contributed by atoms with E-state index in [0.717, 1.165) is 62.8 Å². The van der Waals surface area contributed by atoms with E-state index in [4.69, 9.17) is 5.73 Å². The predicted octanol–water partition coefficient (Wildman–Crippen LogP) is 3.16. The highest BCUT2D eigenvalue weighted by molar-refractivity contribution is 5.86. The first kappa shape index (κ1) is 19.2. The number of rotatable bonds is 3. The fourth-order valence-corrected chi connectivity index (χ4v) is 5.95. The lowest BCUT2D eigenvalue weighted by Crippen LogP contribution is -2.52. The fourth-order valence-electron chi connectivity index (χ4n) is 5.95. The molecule has 5 rings (SSSR count). The summed E-state index contributed by atoms with van der Waals surface area (Å²) in [7, 11) is 2.09. The Labute approximate surface area is 170 Å². The van der Waals surface area contributed by atoms with Crippen LogP contribution in [0.15, 0.2) is 18.6 Å². The summed E-state index contributed by atoms with van der Waals surface area (Å²) in [4.78, 5) is 12.9. The van der Waals surface area contributed by atoms with Gasteiger partial charge in [0.2, 0.25) is 0 Å². The molecule has 0 aromatic carbocycles. The number of hydrogen-bond donors (Lipinski definition) is 1. The van der Waals surface area contributed by atoms with Gasteiger partial charge in [0.25, 0.3) is 5.92 Å². The number of nitrogens with two attached hydrogens (primary N) is 1. The molecule has 158 valence electrons. The Morgan fingerprint density at radius 2 is 2.00 bits per heavy atom. The Bertz CT molecular complexity index is 888. The van der Waals surface area contributed by atoms with Crippen LogP contribution in [0.2, 0.25) is 0 Å². The van der Waals surface area contributed by atoms with E-state index >= 15 is 0 Å². The van der Waals surface area contributed by atoms with Gasteiger partial charge in [0.15, 0.2) is 0 Å². The van der Waals surface area contributed by atoms with Crippen molar-refractivity contribution in [2.75, 3.05) is 39.0 Å². The van der Waals surface area contributed by atoms with Crippen molar-refractivity contribution in [1.29, 1.82) is 0 Å². The second-order valence-corrected chi connectivity index (χ2v) is 9.49. The second kappa shape index (κ2) is 6.87. The largest absolute Gasteiger partial charge is 0.383 e. The third-order valence-corrected chi connectivity index (χ3v) is 7.52. The summed E-state index contributed by atoms with van der Waals surface area (Å²) in [6.07, 6.45) is 8.43. The molecule has 1 saturated carbocycles. The first-order valence-electron chi connectivity index (χ1n) is 10.7. The molecule has 8 heteroatoms. The van der Waals surface area contributed by atoms with Gasteiger partial charge in [0.05, 0.1) is 11.9 Å². The number of piperidine rings is 1. The molecule has 0 radical (unpaired) electrons. The molecule has 1 spiro atoms. The first-order valence-corrected chi connectivity index (χ1v) is 10.7. The van der Waals surface area contributed by atoms with E-state index in [-0.39, 0.29) is 18.5 Å². The minimum Gasteiger partial charge on any atom is -0.383 e. The summed E-state index contributed by atoms with van der Waals surface area (Å²) in [5.74, 6) is -1.60. The molecule has 2 aliphatic heterocycles. The summed E-state index contributed by atoms with van der Waals surface area (Å²) in [5, 5.41) is 0.889. The maximum atomic E-state index is 14.4. The number of likely N-dealkylation sites (tertiary alicyclic amines) is 2. The van der Waals surface area contributed by atoms with Crippen molar-refractivity contribution in [2.24, 2.45) is 5.92 Å². The number of nitrogens with zero attached hydrogens (tertiary/aromatic N) is 5. The van der Waals surface area contributed by atoms with Crippen molar-refractivity contribution in [3.05, 3.63) is 18.6 Å². The first-order chi connectivity index (χ1) is 13.9. The quantitative estimate of drug-likeness (QED) is 0.851. The summed E-state index contributed by atoms with van der Waals surface area (Å²) in [5.41, 5.74) is 6.54. The monoisotopic (exact) mass is 404 g/mol. The average molecular weight is 405 g/mol. The number of hydrogen-bond acceptors (Lipinski definition) is 5. The normalized spacial score (nSPS) is 29.9. The lowest BCUT2D eigenvalue weighted by atomic mass is 9.84. The average Bonchev–Trinajstić information content (AvgIpc) is 3.35. The molecule has 0 bridgehead atoms. The number of fused-ring (bicyclic) bond motifs is 1. The van der Waals surface area contributed by atoms with Crippen molar-refractivity contribution in [3.63, 3.8) is 0 Å². The standard InChI is InChI=1S/C21H30F2N6/c1-27-8-5-20(6-9-27)12-21(22,23)13-28(20)11-15-2-3-16(10-15)29-7-4-17-18(24)25-14-26-19(17)29/h4,7,14-16H,2-3,5-6,8-13H2,1H3,(H2,24,25,26)/t15-,16+/m1/s1. The lowest BCUT2D eigenvalue weighted by molar-refractivity contribution is 0.00949. The van der Waals surface area contributed by atoms with Crippen LogP contribution in [0.1, 0.15) is 44.6 Å². The minimum absolute atomic E-state index is 0.0302. The fraction of sp³-hybridized carbons (Fsp3) is 0.714. The van der Waals surface area contributed by atoms with Crippen LogP contribution in [0.5, 0.6) is 0 Å². The zero-order chi connectivity index (χ0) is 20.2. The van der Waals surface area contributed by atoms with E-state index in [1.54, 1.807) is 0 Å². The molecule has 29 heavy (non-hydrogen) atoms. The van der Waals surface area contributed by atoms with E-state index in [1.165, 1.54) is 6.33 Å². The van der Waals surface area contributed by atoms with Crippen LogP contribution in [-0.2, 0) is 0 Å². The van der Waals surface area contributed by atoms with Gasteiger partial charge in [-0.2, -0.15) is 0 Å². The molecule has 3 fully saturated rings. The zero-order valence-electron chi connectivity index (χ0n) is 17.0. The highest BCUT2D eigenvalue weighted by atomic mass is 19.3. The molecule has 6 nitrogen and oxygen atoms in total. The number of halogens is 2. The second-order valence-electron chi connectivity index (χ2n) is 9.49. The van der Waals surface area contributed by atoms with Gasteiger partial charge in [-0.15, -0.1) is 0 Å². The van der Waals surface area contributed by atoms with Gasteiger partial charge >= 0.3 is 0 Å². The van der Waals surface area contributed by atoms with Crippen LogP contribution in [0.25, 0.3) is 11.0 Å². The van der Waals surface area contributed by atoms with E-state index in [9.17, 15) is 8.78 Å². The van der Waals surface area contributed by atoms with Crippen molar-refractivity contribution in [3.8, 4) is 0 Å². The van der Waals surface area contributed by atoms with Crippen LogP contribution in [0.4, 0.5) is 14.6 Å². The molecule has 2 atom stereocenters. The zero-order valence-corrected chi connectivity index (χ0v) is 17.0. The SMILES string of the molecule is CN1CCC2(CC1)CC(F)(F)CN2C[C@@H]1CC[C@H](n2ccc3c(N)ncnc32)C1. The van der Waals surface area contributed by atoms with Crippen LogP contribution < -0.4 is 5.73 Å². The van der Waals surface area contributed by atoms with Crippen molar-refractivity contribution in [1.82, 2.24) is 24.3 Å². The number of alkyl halides is 2. The van der Waals surface area contributed by atoms with Gasteiger partial charge in [-0.1, -0.05) is 0 Å². The van der Waals surface area contributed by atoms with Crippen molar-refractivity contribution in [2.45, 2.75) is 56.0 Å². The summed E-state index contributed by atoms with van der Waals surface area (Å²) in [6, 6.07) is 2.33. The molecular weight excluding hydrogens is 374 g/mol. The van der Waals surface area contributed by atoms with Gasteiger partial charge in [-0.05, 0) is 64.2 Å². The van der Waals surface area contributed by atoms with Crippen molar-refractivity contribution < 1.29 is 8.78 Å². The van der Waals surface area contributed by atoms with E-state index in [0.29, 0.717) is 17.8 Å². The van der Waals surface area contributed by atoms with E-state index < -0.39 is 5.92 Å². The van der Waals surface area contributed by atoms with Crippen LogP contribution in [0.3, 0.4) is 0 Å². The highest BCUT2D eigenvalue weighted by Gasteiger charge is 2.55. The maximum Gasteiger partial charge on any atom is 0.262 e. The third kappa shape index (κ3) is 3.40. The summed E-state index contributed by atoms with van der Waals surface area (Å²) in [6.45, 7) is 2.53. The molecule has 2 N–H and O–H groups in total. The molecular formula is C21H30F2N6. The molecule has 0 amide bonds. The van der Waals surface area contributed by atoms with Gasteiger partial charge in [0, 0.05) is 30.7 Å². The highest BCUT2D eigenvalue weighted by Crippen LogP contribution is 2.47. The molecule has 2 saturated heterocycles. The van der Waals surface area contributed by atoms with Gasteiger partial charge < -0.3 is 15.2 Å². The molecule has 1 aliphatic carbocycles. The molecule has 4 heterocycles. The molecule has 0 unspecified atom stereocenters. The Morgan fingerprint density at radius 1 is 1.21 bits per heavy atom. The van der Waals surface area contributed by atoms with E-state index in [1.807, 2.05) is 12.3 Å². The predicted molar refractivity (Wildman–Crippen MR) is 109 cm³/mol. The van der Waals surface area contributed by atoms with E-state index in [2.05, 4.69) is 31.4 Å². The molecule has 2 aromatic heterocycles. The van der Waals surface area contributed by atoms with Crippen LogP contribution >= 0.6 is 0 Å². The summed E-state index contributed by atoms with van der Waals surface area (Å²) >= 11 is 0. The Morgan fingerprint density at radius 3 is 2.79 bits per heavy atom. The van der Waals surface area contributed by atoms with Gasteiger partial charge in [-0.3, -0.25) is 4.90 Å². The van der Waals surface area contributed by atoms with Crippen LogP contribution in [0, 0.1) is 5.92 Å². The van der Waals surface area contributed by atoms with Gasteiger partial charge in [0.1, 0.15) is 17.8 Å². The van der Waals surface area contributed by atoms with Crippen LogP contribution in [-0.4, -0.2) is 69.0 Å². The maximum absolute atomic E-state index is 14.4. The van der Waals surface area contributed by atoms with Gasteiger partial charge in [-0.25, -0.2) is 18.7 Å². The number of aromatic nitrogens is 3. The Kier molecular flexibility index (Phi) is 4.55.